The molecule has 114 valence electrons. The van der Waals surface area contributed by atoms with Gasteiger partial charge in [0.25, 0.3) is 0 Å². The molecule has 2 atom stereocenters. The molecule has 1 saturated carbocycles. The molecular formula is C16H15NO5. The quantitative estimate of drug-likeness (QED) is 0.904. The summed E-state index contributed by atoms with van der Waals surface area (Å²) in [7, 11) is 0. The SMILES string of the molecule is CC1(C)[C@@H](C(=O)O)[C@@H]1C(=O)Nc1ccc2occc(=O)c2c1. The number of fused-ring (bicyclic) bond motifs is 1. The second kappa shape index (κ2) is 4.69. The number of rotatable bonds is 3. The van der Waals surface area contributed by atoms with Crippen molar-refractivity contribution in [3.05, 3.63) is 40.8 Å². The van der Waals surface area contributed by atoms with Gasteiger partial charge >= 0.3 is 5.97 Å². The minimum Gasteiger partial charge on any atom is -0.481 e. The molecule has 1 aromatic carbocycles. The standard InChI is InChI=1S/C16H15NO5/c1-16(2)12(13(16)15(20)21)14(19)17-8-3-4-11-9(7-8)10(18)5-6-22-11/h3-7,12-13H,1-2H3,(H,17,19)(H,20,21)/t12-,13-/m1/s1. The fourth-order valence-electron chi connectivity index (χ4n) is 2.97. The Balaban J connectivity index is 1.85. The highest BCUT2D eigenvalue weighted by molar-refractivity contribution is 6.00. The lowest BCUT2D eigenvalue weighted by Gasteiger charge is -2.06. The van der Waals surface area contributed by atoms with Crippen LogP contribution >= 0.6 is 0 Å². The van der Waals surface area contributed by atoms with E-state index in [1.165, 1.54) is 18.4 Å². The molecule has 6 heteroatoms. The third-order valence-electron chi connectivity index (χ3n) is 4.30. The van der Waals surface area contributed by atoms with E-state index in [-0.39, 0.29) is 11.3 Å². The van der Waals surface area contributed by atoms with Crippen LogP contribution in [0.15, 0.2) is 39.7 Å². The molecule has 1 aromatic heterocycles. The molecule has 2 N–H and O–H groups in total. The van der Waals surface area contributed by atoms with Gasteiger partial charge in [0, 0.05) is 11.8 Å². The van der Waals surface area contributed by atoms with E-state index in [0.717, 1.165) is 0 Å². The van der Waals surface area contributed by atoms with Crippen molar-refractivity contribution in [2.75, 3.05) is 5.32 Å². The van der Waals surface area contributed by atoms with Crippen LogP contribution in [0.1, 0.15) is 13.8 Å². The fraction of sp³-hybridized carbons (Fsp3) is 0.312. The summed E-state index contributed by atoms with van der Waals surface area (Å²) in [4.78, 5) is 35.1. The van der Waals surface area contributed by atoms with E-state index in [0.29, 0.717) is 16.7 Å². The number of nitrogens with one attached hydrogen (secondary N) is 1. The molecule has 0 spiro atoms. The Morgan fingerprint density at radius 2 is 1.95 bits per heavy atom. The van der Waals surface area contributed by atoms with Crippen molar-refractivity contribution in [1.29, 1.82) is 0 Å². The van der Waals surface area contributed by atoms with E-state index < -0.39 is 23.2 Å². The van der Waals surface area contributed by atoms with Crippen molar-refractivity contribution in [2.45, 2.75) is 13.8 Å². The van der Waals surface area contributed by atoms with Gasteiger partial charge in [0.1, 0.15) is 5.58 Å². The summed E-state index contributed by atoms with van der Waals surface area (Å²) in [6, 6.07) is 6.05. The summed E-state index contributed by atoms with van der Waals surface area (Å²) in [5.74, 6) is -2.58. The lowest BCUT2D eigenvalue weighted by molar-refractivity contribution is -0.140. The lowest BCUT2D eigenvalue weighted by atomic mass is 10.1. The predicted octanol–water partition coefficient (Wildman–Crippen LogP) is 2.09. The molecule has 1 fully saturated rings. The van der Waals surface area contributed by atoms with Crippen LogP contribution in [0, 0.1) is 17.3 Å². The van der Waals surface area contributed by atoms with Crippen molar-refractivity contribution >= 4 is 28.5 Å². The first-order valence-corrected chi connectivity index (χ1v) is 6.87. The Hall–Kier alpha value is -2.63. The van der Waals surface area contributed by atoms with Crippen LogP contribution in [0.25, 0.3) is 11.0 Å². The minimum atomic E-state index is -0.968. The number of aliphatic carboxylic acids is 1. The van der Waals surface area contributed by atoms with E-state index >= 15 is 0 Å². The fourth-order valence-corrected chi connectivity index (χ4v) is 2.97. The minimum absolute atomic E-state index is 0.201. The summed E-state index contributed by atoms with van der Waals surface area (Å²) in [5.41, 5.74) is 0.113. The van der Waals surface area contributed by atoms with Gasteiger partial charge in [-0.3, -0.25) is 14.4 Å². The monoisotopic (exact) mass is 301 g/mol. The van der Waals surface area contributed by atoms with Crippen molar-refractivity contribution in [1.82, 2.24) is 0 Å². The Morgan fingerprint density at radius 3 is 2.59 bits per heavy atom. The zero-order valence-electron chi connectivity index (χ0n) is 12.1. The van der Waals surface area contributed by atoms with Gasteiger partial charge in [-0.25, -0.2) is 0 Å². The normalized spacial score (nSPS) is 22.3. The summed E-state index contributed by atoms with van der Waals surface area (Å²) < 4.78 is 5.20. The average Bonchev–Trinajstić information content (AvgIpc) is 3.03. The number of anilines is 1. The van der Waals surface area contributed by atoms with Crippen molar-refractivity contribution in [3.63, 3.8) is 0 Å². The van der Waals surface area contributed by atoms with Crippen LogP contribution in [0.2, 0.25) is 0 Å². The maximum Gasteiger partial charge on any atom is 0.307 e. The molecular weight excluding hydrogens is 286 g/mol. The molecule has 1 heterocycles. The first-order chi connectivity index (χ1) is 10.3. The molecule has 0 radical (unpaired) electrons. The first kappa shape index (κ1) is 14.3. The van der Waals surface area contributed by atoms with Gasteiger partial charge in [0.15, 0.2) is 5.43 Å². The molecule has 0 saturated heterocycles. The van der Waals surface area contributed by atoms with E-state index in [4.69, 9.17) is 9.52 Å². The second-order valence-corrected chi connectivity index (χ2v) is 6.10. The van der Waals surface area contributed by atoms with Crippen LogP contribution in [-0.2, 0) is 9.59 Å². The maximum absolute atomic E-state index is 12.3. The number of carboxylic acids is 1. The van der Waals surface area contributed by atoms with E-state index in [2.05, 4.69) is 5.32 Å². The summed E-state index contributed by atoms with van der Waals surface area (Å²) in [5, 5.41) is 12.2. The number of amides is 1. The molecule has 1 aliphatic rings. The summed E-state index contributed by atoms with van der Waals surface area (Å²) in [6.45, 7) is 3.51. The summed E-state index contributed by atoms with van der Waals surface area (Å²) >= 11 is 0. The zero-order valence-corrected chi connectivity index (χ0v) is 12.1. The molecule has 0 bridgehead atoms. The van der Waals surface area contributed by atoms with Crippen LogP contribution in [0.4, 0.5) is 5.69 Å². The van der Waals surface area contributed by atoms with Gasteiger partial charge in [-0.15, -0.1) is 0 Å². The Labute approximate surface area is 125 Å². The second-order valence-electron chi connectivity index (χ2n) is 6.10. The van der Waals surface area contributed by atoms with Gasteiger partial charge < -0.3 is 14.8 Å². The molecule has 6 nitrogen and oxygen atoms in total. The highest BCUT2D eigenvalue weighted by atomic mass is 16.4. The van der Waals surface area contributed by atoms with Gasteiger partial charge in [-0.1, -0.05) is 13.8 Å². The van der Waals surface area contributed by atoms with Gasteiger partial charge in [0.2, 0.25) is 5.91 Å². The van der Waals surface area contributed by atoms with Crippen LogP contribution in [0.3, 0.4) is 0 Å². The molecule has 0 unspecified atom stereocenters. The van der Waals surface area contributed by atoms with Crippen molar-refractivity contribution in [3.8, 4) is 0 Å². The van der Waals surface area contributed by atoms with E-state index in [9.17, 15) is 14.4 Å². The molecule has 2 aromatic rings. The van der Waals surface area contributed by atoms with E-state index in [1.54, 1.807) is 26.0 Å². The molecule has 3 rings (SSSR count). The number of hydrogen-bond donors (Lipinski definition) is 2. The third-order valence-corrected chi connectivity index (χ3v) is 4.30. The average molecular weight is 301 g/mol. The van der Waals surface area contributed by atoms with Crippen LogP contribution < -0.4 is 10.7 Å². The van der Waals surface area contributed by atoms with Crippen LogP contribution in [0.5, 0.6) is 0 Å². The number of hydrogen-bond acceptors (Lipinski definition) is 4. The predicted molar refractivity (Wildman–Crippen MR) is 79.5 cm³/mol. The highest BCUT2D eigenvalue weighted by Crippen LogP contribution is 2.58. The topological polar surface area (TPSA) is 96.6 Å². The maximum atomic E-state index is 12.3. The molecule has 0 aliphatic heterocycles. The lowest BCUT2D eigenvalue weighted by Crippen LogP contribution is -2.17. The largest absolute Gasteiger partial charge is 0.481 e. The van der Waals surface area contributed by atoms with Crippen molar-refractivity contribution in [2.24, 2.45) is 17.3 Å². The number of carbonyl (C=O) groups excluding carboxylic acids is 1. The smallest absolute Gasteiger partial charge is 0.307 e. The highest BCUT2D eigenvalue weighted by Gasteiger charge is 2.65. The Morgan fingerprint density at radius 1 is 1.23 bits per heavy atom. The number of carbonyl (C=O) groups is 2. The number of carboxylic acid groups (broad SMARTS) is 1. The number of benzene rings is 1. The van der Waals surface area contributed by atoms with Gasteiger partial charge in [-0.2, -0.15) is 0 Å². The molecule has 1 aliphatic carbocycles. The third kappa shape index (κ3) is 2.16. The Kier molecular flexibility index (Phi) is 3.05. The first-order valence-electron chi connectivity index (χ1n) is 6.87. The molecule has 22 heavy (non-hydrogen) atoms. The zero-order chi connectivity index (χ0) is 16.1. The van der Waals surface area contributed by atoms with E-state index in [1.807, 2.05) is 0 Å². The van der Waals surface area contributed by atoms with Gasteiger partial charge in [-0.05, 0) is 23.6 Å². The van der Waals surface area contributed by atoms with Crippen LogP contribution in [-0.4, -0.2) is 17.0 Å². The Bertz CT molecular complexity index is 836. The van der Waals surface area contributed by atoms with Gasteiger partial charge in [0.05, 0.1) is 23.5 Å². The molecule has 1 amide bonds. The summed E-state index contributed by atoms with van der Waals surface area (Å²) in [6.07, 6.45) is 1.31. The van der Waals surface area contributed by atoms with Crippen molar-refractivity contribution < 1.29 is 19.1 Å².